The predicted molar refractivity (Wildman–Crippen MR) is 84.7 cm³/mol. The fraction of sp³-hybridized carbons (Fsp3) is 0.529. The predicted octanol–water partition coefficient (Wildman–Crippen LogP) is 2.21. The van der Waals surface area contributed by atoms with E-state index in [1.165, 1.54) is 0 Å². The van der Waals surface area contributed by atoms with Gasteiger partial charge in [-0.05, 0) is 43.9 Å². The summed E-state index contributed by atoms with van der Waals surface area (Å²) in [5.41, 5.74) is 6.15. The minimum absolute atomic E-state index is 0.0424. The largest absolute Gasteiger partial charge is 0.378 e. The Kier molecular flexibility index (Phi) is 5.95. The number of hydrogen-bond donors (Lipinski definition) is 1. The van der Waals surface area contributed by atoms with Crippen LogP contribution in [0.5, 0.6) is 0 Å². The number of rotatable bonds is 5. The Balaban J connectivity index is 2.00. The molecule has 0 saturated carbocycles. The maximum absolute atomic E-state index is 12.6. The van der Waals surface area contributed by atoms with Gasteiger partial charge in [0.05, 0.1) is 6.10 Å². The van der Waals surface area contributed by atoms with Crippen LogP contribution in [0.4, 0.5) is 0 Å². The Bertz CT molecular complexity index is 530. The van der Waals surface area contributed by atoms with Gasteiger partial charge in [0, 0.05) is 30.8 Å². The quantitative estimate of drug-likeness (QED) is 0.906. The molecule has 0 aliphatic carbocycles. The first-order valence-corrected chi connectivity index (χ1v) is 7.92. The Hall–Kier alpha value is -1.88. The molecular formula is C17H24N2O3. The van der Waals surface area contributed by atoms with Crippen LogP contribution in [-0.4, -0.2) is 42.5 Å². The first-order chi connectivity index (χ1) is 10.6. The molecule has 1 aromatic carbocycles. The Morgan fingerprint density at radius 2 is 2.05 bits per heavy atom. The van der Waals surface area contributed by atoms with E-state index in [1.807, 2.05) is 4.90 Å². The standard InChI is InChI=1S/C17H24N2O3/c1-2-11-22-15-7-4-9-19(10-8-15)17(21)14-6-3-5-13(12-14)16(18)20/h3,5-6,12,15H,2,4,7-11H2,1H3,(H2,18,20). The van der Waals surface area contributed by atoms with Crippen molar-refractivity contribution in [1.82, 2.24) is 4.90 Å². The van der Waals surface area contributed by atoms with Crippen LogP contribution in [0.15, 0.2) is 24.3 Å². The lowest BCUT2D eigenvalue weighted by molar-refractivity contribution is 0.0432. The van der Waals surface area contributed by atoms with Crippen LogP contribution in [0.2, 0.25) is 0 Å². The second-order valence-corrected chi connectivity index (χ2v) is 5.66. The van der Waals surface area contributed by atoms with Gasteiger partial charge in [-0.1, -0.05) is 13.0 Å². The first-order valence-electron chi connectivity index (χ1n) is 7.92. The van der Waals surface area contributed by atoms with Gasteiger partial charge in [0.1, 0.15) is 0 Å². The van der Waals surface area contributed by atoms with E-state index in [0.717, 1.165) is 38.8 Å². The lowest BCUT2D eigenvalue weighted by atomic mass is 10.1. The number of amides is 2. The number of nitrogens with two attached hydrogens (primary N) is 1. The van der Waals surface area contributed by atoms with Crippen LogP contribution in [0.25, 0.3) is 0 Å². The molecule has 2 rings (SSSR count). The van der Waals surface area contributed by atoms with Gasteiger partial charge in [-0.15, -0.1) is 0 Å². The fourth-order valence-corrected chi connectivity index (χ4v) is 2.71. The number of primary amides is 1. The summed E-state index contributed by atoms with van der Waals surface area (Å²) < 4.78 is 5.80. The van der Waals surface area contributed by atoms with Gasteiger partial charge >= 0.3 is 0 Å². The summed E-state index contributed by atoms with van der Waals surface area (Å²) in [5.74, 6) is -0.558. The maximum Gasteiger partial charge on any atom is 0.253 e. The number of likely N-dealkylation sites (tertiary alicyclic amines) is 1. The van der Waals surface area contributed by atoms with Crippen molar-refractivity contribution in [3.05, 3.63) is 35.4 Å². The second kappa shape index (κ2) is 7.94. The SMILES string of the molecule is CCCOC1CCCN(C(=O)c2cccc(C(N)=O)c2)CC1. The molecule has 1 atom stereocenters. The minimum atomic E-state index is -0.515. The highest BCUT2D eigenvalue weighted by Crippen LogP contribution is 2.17. The lowest BCUT2D eigenvalue weighted by Gasteiger charge is -2.21. The van der Waals surface area contributed by atoms with Crippen molar-refractivity contribution in [2.45, 2.75) is 38.7 Å². The molecule has 2 amide bonds. The van der Waals surface area contributed by atoms with Crippen molar-refractivity contribution in [2.75, 3.05) is 19.7 Å². The molecule has 1 aliphatic heterocycles. The van der Waals surface area contributed by atoms with Gasteiger partial charge in [-0.3, -0.25) is 9.59 Å². The fourth-order valence-electron chi connectivity index (χ4n) is 2.71. The maximum atomic E-state index is 12.6. The third kappa shape index (κ3) is 4.31. The molecule has 1 unspecified atom stereocenters. The number of hydrogen-bond acceptors (Lipinski definition) is 3. The number of carbonyl (C=O) groups is 2. The zero-order valence-electron chi connectivity index (χ0n) is 13.1. The van der Waals surface area contributed by atoms with E-state index in [2.05, 4.69) is 6.92 Å². The summed E-state index contributed by atoms with van der Waals surface area (Å²) in [5, 5.41) is 0. The molecule has 1 aromatic rings. The Morgan fingerprint density at radius 3 is 2.77 bits per heavy atom. The zero-order valence-corrected chi connectivity index (χ0v) is 13.1. The van der Waals surface area contributed by atoms with Gasteiger partial charge in [-0.25, -0.2) is 0 Å². The van der Waals surface area contributed by atoms with Crippen molar-refractivity contribution >= 4 is 11.8 Å². The summed E-state index contributed by atoms with van der Waals surface area (Å²) >= 11 is 0. The monoisotopic (exact) mass is 304 g/mol. The molecule has 0 spiro atoms. The molecule has 2 N–H and O–H groups in total. The molecule has 5 nitrogen and oxygen atoms in total. The molecule has 22 heavy (non-hydrogen) atoms. The molecule has 1 heterocycles. The lowest BCUT2D eigenvalue weighted by Crippen LogP contribution is -2.32. The van der Waals surface area contributed by atoms with Crippen LogP contribution in [-0.2, 0) is 4.74 Å². The van der Waals surface area contributed by atoms with E-state index >= 15 is 0 Å². The van der Waals surface area contributed by atoms with Crippen molar-refractivity contribution in [1.29, 1.82) is 0 Å². The zero-order chi connectivity index (χ0) is 15.9. The van der Waals surface area contributed by atoms with Crippen LogP contribution in [0, 0.1) is 0 Å². The summed E-state index contributed by atoms with van der Waals surface area (Å²) in [6.45, 7) is 4.29. The normalized spacial score (nSPS) is 18.8. The third-order valence-corrected chi connectivity index (χ3v) is 3.91. The number of carbonyl (C=O) groups excluding carboxylic acids is 2. The van der Waals surface area contributed by atoms with Crippen molar-refractivity contribution in [3.63, 3.8) is 0 Å². The van der Waals surface area contributed by atoms with E-state index in [9.17, 15) is 9.59 Å². The van der Waals surface area contributed by atoms with Gasteiger partial charge in [-0.2, -0.15) is 0 Å². The molecule has 0 radical (unpaired) electrons. The van der Waals surface area contributed by atoms with Crippen LogP contribution < -0.4 is 5.73 Å². The molecule has 120 valence electrons. The summed E-state index contributed by atoms with van der Waals surface area (Å²) in [6, 6.07) is 6.61. The van der Waals surface area contributed by atoms with E-state index in [4.69, 9.17) is 10.5 Å². The van der Waals surface area contributed by atoms with E-state index < -0.39 is 5.91 Å². The summed E-state index contributed by atoms with van der Waals surface area (Å²) in [6.07, 6.45) is 4.05. The molecular weight excluding hydrogens is 280 g/mol. The van der Waals surface area contributed by atoms with Crippen LogP contribution in [0.1, 0.15) is 53.3 Å². The van der Waals surface area contributed by atoms with Crippen LogP contribution in [0.3, 0.4) is 0 Å². The smallest absolute Gasteiger partial charge is 0.253 e. The van der Waals surface area contributed by atoms with Gasteiger partial charge in [0.25, 0.3) is 5.91 Å². The average Bonchev–Trinajstić information content (AvgIpc) is 2.78. The average molecular weight is 304 g/mol. The number of nitrogens with zero attached hydrogens (tertiary/aromatic N) is 1. The van der Waals surface area contributed by atoms with Gasteiger partial charge in [0.2, 0.25) is 5.91 Å². The Labute approximate surface area is 131 Å². The van der Waals surface area contributed by atoms with E-state index in [-0.39, 0.29) is 12.0 Å². The highest BCUT2D eigenvalue weighted by molar-refractivity contribution is 5.99. The first kappa shape index (κ1) is 16.5. The highest BCUT2D eigenvalue weighted by Gasteiger charge is 2.22. The van der Waals surface area contributed by atoms with Crippen LogP contribution >= 0.6 is 0 Å². The van der Waals surface area contributed by atoms with E-state index in [0.29, 0.717) is 17.7 Å². The molecule has 1 fully saturated rings. The van der Waals surface area contributed by atoms with Gasteiger partial charge in [0.15, 0.2) is 0 Å². The van der Waals surface area contributed by atoms with Crippen molar-refractivity contribution in [2.24, 2.45) is 5.73 Å². The minimum Gasteiger partial charge on any atom is -0.378 e. The number of benzene rings is 1. The van der Waals surface area contributed by atoms with E-state index in [1.54, 1.807) is 24.3 Å². The number of ether oxygens (including phenoxy) is 1. The highest BCUT2D eigenvalue weighted by atomic mass is 16.5. The summed E-state index contributed by atoms with van der Waals surface area (Å²) in [7, 11) is 0. The summed E-state index contributed by atoms with van der Waals surface area (Å²) in [4.78, 5) is 25.7. The Morgan fingerprint density at radius 1 is 1.27 bits per heavy atom. The van der Waals surface area contributed by atoms with Crippen molar-refractivity contribution in [3.8, 4) is 0 Å². The van der Waals surface area contributed by atoms with Gasteiger partial charge < -0.3 is 15.4 Å². The molecule has 1 saturated heterocycles. The second-order valence-electron chi connectivity index (χ2n) is 5.66. The molecule has 5 heteroatoms. The third-order valence-electron chi connectivity index (χ3n) is 3.91. The topological polar surface area (TPSA) is 72.6 Å². The molecule has 0 aromatic heterocycles. The van der Waals surface area contributed by atoms with Crippen molar-refractivity contribution < 1.29 is 14.3 Å². The molecule has 0 bridgehead atoms. The molecule has 1 aliphatic rings.